The topological polar surface area (TPSA) is 12.9 Å². The minimum atomic E-state index is 0.155. The average Bonchev–Trinajstić information content (AvgIpc) is 2.44. The van der Waals surface area contributed by atoms with Crippen LogP contribution in [0.5, 0.6) is 0 Å². The summed E-state index contributed by atoms with van der Waals surface area (Å²) in [5, 5.41) is 0. The van der Waals surface area contributed by atoms with Crippen LogP contribution in [0.15, 0.2) is 20.9 Å². The predicted molar refractivity (Wildman–Crippen MR) is 71.7 cm³/mol. The van der Waals surface area contributed by atoms with Crippen molar-refractivity contribution in [2.45, 2.75) is 30.5 Å². The molecular formula is C11H11BrNS2-. The zero-order valence-electron chi connectivity index (χ0n) is 8.80. The first kappa shape index (κ1) is 11.3. The molecule has 4 heteroatoms. The van der Waals surface area contributed by atoms with Crippen molar-refractivity contribution in [2.75, 3.05) is 0 Å². The number of nitrogens with zero attached hydrogens (tertiary/aromatic N) is 1. The number of benzene rings is 1. The van der Waals surface area contributed by atoms with E-state index in [0.29, 0.717) is 4.34 Å². The molecule has 0 aliphatic carbocycles. The minimum absolute atomic E-state index is 0.155. The number of halogens is 1. The monoisotopic (exact) mass is 300 g/mol. The van der Waals surface area contributed by atoms with Crippen molar-refractivity contribution in [3.05, 3.63) is 22.2 Å². The van der Waals surface area contributed by atoms with Crippen molar-refractivity contribution in [3.63, 3.8) is 0 Å². The fourth-order valence-corrected chi connectivity index (χ4v) is 3.21. The molecule has 0 bridgehead atoms. The molecule has 1 heterocycles. The number of fused-ring (bicyclic) bond motifs is 1. The van der Waals surface area contributed by atoms with Crippen LogP contribution in [0.4, 0.5) is 0 Å². The largest absolute Gasteiger partial charge is 0.408 e. The van der Waals surface area contributed by atoms with Crippen LogP contribution in [-0.2, 0) is 18.0 Å². The Labute approximate surface area is 107 Å². The molecule has 0 saturated heterocycles. The number of thiazole rings is 1. The van der Waals surface area contributed by atoms with Gasteiger partial charge < -0.3 is 24.0 Å². The number of rotatable bonds is 0. The van der Waals surface area contributed by atoms with Crippen molar-refractivity contribution in [1.82, 2.24) is 4.98 Å². The Morgan fingerprint density at radius 1 is 1.33 bits per heavy atom. The lowest BCUT2D eigenvalue weighted by atomic mass is 9.87. The third-order valence-corrected chi connectivity index (χ3v) is 4.04. The number of hydrogen-bond donors (Lipinski definition) is 0. The van der Waals surface area contributed by atoms with Crippen molar-refractivity contribution in [3.8, 4) is 0 Å². The van der Waals surface area contributed by atoms with E-state index < -0.39 is 0 Å². The molecule has 0 fully saturated rings. The molecular weight excluding hydrogens is 290 g/mol. The van der Waals surface area contributed by atoms with Gasteiger partial charge in [0.1, 0.15) is 0 Å². The standard InChI is InChI=1S/C11H12BrNS2/c1-11(2,3)6-4-7(12)9-8(5-6)15-10(14)13-9/h4-5H,1-3H3,(H,13,14)/p-1. The summed E-state index contributed by atoms with van der Waals surface area (Å²) in [4.78, 5) is 4.32. The molecule has 0 spiro atoms. The Kier molecular flexibility index (Phi) is 2.77. The lowest BCUT2D eigenvalue weighted by Crippen LogP contribution is -2.10. The fraction of sp³-hybridized carbons (Fsp3) is 0.364. The molecule has 0 aliphatic heterocycles. The van der Waals surface area contributed by atoms with E-state index in [1.807, 2.05) is 0 Å². The van der Waals surface area contributed by atoms with E-state index in [1.165, 1.54) is 10.3 Å². The van der Waals surface area contributed by atoms with Crippen molar-refractivity contribution in [1.29, 1.82) is 0 Å². The van der Waals surface area contributed by atoms with Gasteiger partial charge in [0.15, 0.2) is 0 Å². The van der Waals surface area contributed by atoms with Crippen LogP contribution in [0.2, 0.25) is 0 Å². The summed E-state index contributed by atoms with van der Waals surface area (Å²) in [5.74, 6) is 0. The first-order valence-corrected chi connectivity index (χ1v) is 6.67. The van der Waals surface area contributed by atoms with Gasteiger partial charge in [-0.25, -0.2) is 0 Å². The van der Waals surface area contributed by atoms with Gasteiger partial charge in [-0.2, -0.15) is 0 Å². The average molecular weight is 301 g/mol. The highest BCUT2D eigenvalue weighted by atomic mass is 79.9. The van der Waals surface area contributed by atoms with Gasteiger partial charge in [-0.15, -0.1) is 0 Å². The van der Waals surface area contributed by atoms with Crippen molar-refractivity contribution >= 4 is 50.1 Å². The Morgan fingerprint density at radius 3 is 2.60 bits per heavy atom. The molecule has 15 heavy (non-hydrogen) atoms. The lowest BCUT2D eigenvalue weighted by molar-refractivity contribution is 0.591. The highest BCUT2D eigenvalue weighted by molar-refractivity contribution is 9.10. The second-order valence-electron chi connectivity index (χ2n) is 4.53. The second kappa shape index (κ2) is 3.68. The predicted octanol–water partition coefficient (Wildman–Crippen LogP) is 4.26. The van der Waals surface area contributed by atoms with Crippen LogP contribution in [-0.4, -0.2) is 4.98 Å². The summed E-state index contributed by atoms with van der Waals surface area (Å²) < 4.78 is 2.91. The van der Waals surface area contributed by atoms with Crippen LogP contribution in [0.25, 0.3) is 10.2 Å². The molecule has 0 N–H and O–H groups in total. The fourth-order valence-electron chi connectivity index (χ4n) is 1.40. The molecule has 1 aromatic carbocycles. The summed E-state index contributed by atoms with van der Waals surface area (Å²) in [7, 11) is 0. The smallest absolute Gasteiger partial charge is 0.0742 e. The molecule has 2 rings (SSSR count). The van der Waals surface area contributed by atoms with Gasteiger partial charge in [-0.1, -0.05) is 26.8 Å². The summed E-state index contributed by atoms with van der Waals surface area (Å²) in [6.07, 6.45) is 0. The molecule has 1 nitrogen and oxygen atoms in total. The molecule has 0 aliphatic rings. The van der Waals surface area contributed by atoms with E-state index in [-0.39, 0.29) is 5.41 Å². The van der Waals surface area contributed by atoms with E-state index in [1.54, 1.807) is 11.3 Å². The molecule has 0 radical (unpaired) electrons. The molecule has 0 amide bonds. The van der Waals surface area contributed by atoms with Crippen LogP contribution in [0.3, 0.4) is 0 Å². The zero-order valence-corrected chi connectivity index (χ0v) is 12.0. The Bertz CT molecular complexity index is 511. The van der Waals surface area contributed by atoms with E-state index in [0.717, 1.165) is 9.99 Å². The molecule has 0 saturated carbocycles. The maximum Gasteiger partial charge on any atom is 0.0742 e. The molecule has 1 aromatic heterocycles. The SMILES string of the molecule is CC(C)(C)c1cc(Br)c2nc([S-])sc2c1. The van der Waals surface area contributed by atoms with Gasteiger partial charge in [-0.3, -0.25) is 4.98 Å². The van der Waals surface area contributed by atoms with Crippen LogP contribution >= 0.6 is 27.3 Å². The molecule has 2 aromatic rings. The van der Waals surface area contributed by atoms with E-state index in [4.69, 9.17) is 12.6 Å². The van der Waals surface area contributed by atoms with Gasteiger partial charge in [0, 0.05) is 4.47 Å². The zero-order chi connectivity index (χ0) is 11.2. The van der Waals surface area contributed by atoms with Gasteiger partial charge in [-0.05, 0) is 42.0 Å². The normalized spacial score (nSPS) is 12.3. The Balaban J connectivity index is 2.72. The number of aromatic nitrogens is 1. The summed E-state index contributed by atoms with van der Waals surface area (Å²) in [6.45, 7) is 6.61. The summed E-state index contributed by atoms with van der Waals surface area (Å²) >= 11 is 10.2. The van der Waals surface area contributed by atoms with Crippen molar-refractivity contribution in [2.24, 2.45) is 0 Å². The lowest BCUT2D eigenvalue weighted by Gasteiger charge is -2.19. The van der Waals surface area contributed by atoms with Crippen LogP contribution in [0, 0.1) is 0 Å². The van der Waals surface area contributed by atoms with E-state index in [2.05, 4.69) is 53.8 Å². The van der Waals surface area contributed by atoms with Crippen molar-refractivity contribution < 1.29 is 0 Å². The molecule has 0 unspecified atom stereocenters. The van der Waals surface area contributed by atoms with E-state index >= 15 is 0 Å². The van der Waals surface area contributed by atoms with Gasteiger partial charge >= 0.3 is 0 Å². The Hall–Kier alpha value is -0.190. The summed E-state index contributed by atoms with van der Waals surface area (Å²) in [5.41, 5.74) is 2.45. The maximum absolute atomic E-state index is 5.10. The third-order valence-electron chi connectivity index (χ3n) is 2.29. The molecule has 0 atom stereocenters. The van der Waals surface area contributed by atoms with Gasteiger partial charge in [0.25, 0.3) is 0 Å². The molecule has 80 valence electrons. The Morgan fingerprint density at radius 2 is 2.00 bits per heavy atom. The highest BCUT2D eigenvalue weighted by Crippen LogP contribution is 2.34. The van der Waals surface area contributed by atoms with Crippen LogP contribution < -0.4 is 0 Å². The first-order valence-electron chi connectivity index (χ1n) is 4.65. The van der Waals surface area contributed by atoms with Gasteiger partial charge in [0.05, 0.1) is 5.52 Å². The highest BCUT2D eigenvalue weighted by Gasteiger charge is 2.15. The quantitative estimate of drug-likeness (QED) is 0.674. The minimum Gasteiger partial charge on any atom is -0.408 e. The van der Waals surface area contributed by atoms with E-state index in [9.17, 15) is 0 Å². The summed E-state index contributed by atoms with van der Waals surface area (Å²) in [6, 6.07) is 4.32. The van der Waals surface area contributed by atoms with Gasteiger partial charge in [0.2, 0.25) is 0 Å². The maximum atomic E-state index is 5.10. The number of hydrogen-bond acceptors (Lipinski definition) is 3. The van der Waals surface area contributed by atoms with Crippen LogP contribution in [0.1, 0.15) is 26.3 Å². The second-order valence-corrected chi connectivity index (χ2v) is 7.06. The third kappa shape index (κ3) is 2.17. The first-order chi connectivity index (χ1) is 6.88.